The molecule has 0 aromatic carbocycles. The fourth-order valence-corrected chi connectivity index (χ4v) is 0.338. The van der Waals surface area contributed by atoms with E-state index in [0.29, 0.717) is 6.10 Å². The molecule has 0 aromatic heterocycles. The number of esters is 1. The number of carbonyl (C=O) groups is 1. The van der Waals surface area contributed by atoms with Crippen LogP contribution < -0.4 is 0 Å². The molecule has 0 spiro atoms. The summed E-state index contributed by atoms with van der Waals surface area (Å²) in [4.78, 5) is 20.6. The maximum absolute atomic E-state index is 10.7. The molecule has 0 aliphatic rings. The van der Waals surface area contributed by atoms with Crippen LogP contribution in [0.2, 0.25) is 0 Å². The largest absolute Gasteiger partial charge is 0.636 e. The molecule has 11 heavy (non-hydrogen) atoms. The molecule has 0 aliphatic heterocycles. The number of hydrogen-bond acceptors (Lipinski definition) is 3. The fourth-order valence-electron chi connectivity index (χ4n) is 0.338. The number of rotatable bonds is 3. The third-order valence-corrected chi connectivity index (χ3v) is 0.835. The molecule has 0 aliphatic carbocycles. The molecule has 0 heterocycles. The predicted octanol–water partition coefficient (Wildman–Crippen LogP) is 0.845. The van der Waals surface area contributed by atoms with Crippen molar-refractivity contribution in [3.8, 4) is 0 Å². The van der Waals surface area contributed by atoms with Crippen LogP contribution in [0.1, 0.15) is 20.8 Å². The molecule has 0 amide bonds. The monoisotopic (exact) mass is 339 g/mol. The van der Waals surface area contributed by atoms with Gasteiger partial charge in [0.1, 0.15) is 0 Å². The van der Waals surface area contributed by atoms with Crippen LogP contribution in [-0.4, -0.2) is 12.3 Å². The summed E-state index contributed by atoms with van der Waals surface area (Å²) in [5.74, 6) is -1.33. The Hall–Kier alpha value is -0.120. The van der Waals surface area contributed by atoms with Crippen molar-refractivity contribution >= 4 is 12.3 Å². The van der Waals surface area contributed by atoms with E-state index in [1.807, 2.05) is 0 Å². The summed E-state index contributed by atoms with van der Waals surface area (Å²) < 4.78 is 4.62. The average Bonchev–Trinajstić information content (AvgIpc) is 1.85. The average molecular weight is 339 g/mol. The van der Waals surface area contributed by atoms with Gasteiger partial charge in [0.2, 0.25) is 0 Å². The van der Waals surface area contributed by atoms with Crippen LogP contribution in [0.15, 0.2) is 0 Å². The van der Waals surface area contributed by atoms with Gasteiger partial charge < -0.3 is 9.53 Å². The molecule has 0 bridgehead atoms. The van der Waals surface area contributed by atoms with E-state index >= 15 is 0 Å². The van der Waals surface area contributed by atoms with E-state index in [9.17, 15) is 9.59 Å². The Labute approximate surface area is 82.0 Å². The van der Waals surface area contributed by atoms with Crippen LogP contribution in [0.4, 0.5) is 0 Å². The predicted molar refractivity (Wildman–Crippen MR) is 35.5 cm³/mol. The third kappa shape index (κ3) is 6.29. The van der Waals surface area contributed by atoms with E-state index in [-0.39, 0.29) is 22.4 Å². The molecule has 0 N–H and O–H groups in total. The summed E-state index contributed by atoms with van der Waals surface area (Å²) in [6.07, 6.45) is 2.07. The maximum Gasteiger partial charge on any atom is 0.250 e. The zero-order valence-corrected chi connectivity index (χ0v) is 8.77. The molecule has 1 atom stereocenters. The van der Waals surface area contributed by atoms with Crippen LogP contribution in [0.25, 0.3) is 0 Å². The molecule has 0 saturated carbocycles. The SMILES string of the molecule is C[C-](C)OC(=O)[C@@H](C)[C-]=O.[Au]. The summed E-state index contributed by atoms with van der Waals surface area (Å²) in [5, 5.41) is 0. The Kier molecular flexibility index (Phi) is 8.06. The molecule has 4 heteroatoms. The molecule has 0 rings (SSSR count). The number of carbonyl (C=O) groups excluding carboxylic acids is 2. The van der Waals surface area contributed by atoms with E-state index in [4.69, 9.17) is 0 Å². The minimum Gasteiger partial charge on any atom is -0.636 e. The van der Waals surface area contributed by atoms with Crippen LogP contribution in [0.3, 0.4) is 0 Å². The first-order valence-electron chi connectivity index (χ1n) is 2.97. The van der Waals surface area contributed by atoms with E-state index in [1.165, 1.54) is 13.2 Å². The topological polar surface area (TPSA) is 43.4 Å². The van der Waals surface area contributed by atoms with Gasteiger partial charge in [0.25, 0.3) is 5.97 Å². The molecular formula is C7H10AuO3-2. The van der Waals surface area contributed by atoms with Crippen molar-refractivity contribution in [1.29, 1.82) is 0 Å². The molecule has 0 fully saturated rings. The Balaban J connectivity index is 0. The Morgan fingerprint density at radius 2 is 2.00 bits per heavy atom. The van der Waals surface area contributed by atoms with Gasteiger partial charge in [-0.05, 0) is 5.92 Å². The van der Waals surface area contributed by atoms with Crippen LogP contribution in [0.5, 0.6) is 0 Å². The van der Waals surface area contributed by atoms with Crippen molar-refractivity contribution in [3.05, 3.63) is 6.10 Å². The van der Waals surface area contributed by atoms with Crippen molar-refractivity contribution in [2.24, 2.45) is 5.92 Å². The van der Waals surface area contributed by atoms with Gasteiger partial charge in [-0.1, -0.05) is 6.92 Å². The van der Waals surface area contributed by atoms with Crippen molar-refractivity contribution in [2.45, 2.75) is 20.8 Å². The molecule has 3 nitrogen and oxygen atoms in total. The smallest absolute Gasteiger partial charge is 0.250 e. The summed E-state index contributed by atoms with van der Waals surface area (Å²) >= 11 is 0. The molecule has 69 valence electrons. The normalized spacial score (nSPS) is 11.6. The van der Waals surface area contributed by atoms with Gasteiger partial charge in [0, 0.05) is 22.4 Å². The van der Waals surface area contributed by atoms with Gasteiger partial charge in [0.05, 0.1) is 0 Å². The molecule has 0 saturated heterocycles. The van der Waals surface area contributed by atoms with Crippen LogP contribution >= 0.6 is 0 Å². The standard InChI is InChI=1S/C7H10O3.Au/c1-5(2)10-7(9)6(3)4-8;/h6H,1-3H3;/q-2;/t6-;/m0./s1. The second-order valence-electron chi connectivity index (χ2n) is 2.17. The number of hydrogen-bond donors (Lipinski definition) is 0. The molecule has 0 aromatic rings. The molecule has 0 unspecified atom stereocenters. The first kappa shape index (κ1) is 13.5. The minimum absolute atomic E-state index is 0. The second kappa shape index (κ2) is 6.58. The fraction of sp³-hybridized carbons (Fsp3) is 0.571. The number of ether oxygens (including phenoxy) is 1. The molecular weight excluding hydrogens is 329 g/mol. The summed E-state index contributed by atoms with van der Waals surface area (Å²) in [7, 11) is 0. The maximum atomic E-state index is 10.7. The van der Waals surface area contributed by atoms with Crippen molar-refractivity contribution in [2.75, 3.05) is 0 Å². The Morgan fingerprint density at radius 3 is 2.27 bits per heavy atom. The van der Waals surface area contributed by atoms with Gasteiger partial charge >= 0.3 is 0 Å². The van der Waals surface area contributed by atoms with E-state index in [2.05, 4.69) is 4.74 Å². The summed E-state index contributed by atoms with van der Waals surface area (Å²) in [6.45, 7) is 4.74. The summed E-state index contributed by atoms with van der Waals surface area (Å²) in [5.41, 5.74) is 0. The van der Waals surface area contributed by atoms with Crippen molar-refractivity contribution in [3.63, 3.8) is 0 Å². The van der Waals surface area contributed by atoms with Crippen LogP contribution in [-0.2, 0) is 36.7 Å². The van der Waals surface area contributed by atoms with Gasteiger partial charge in [-0.2, -0.15) is 13.8 Å². The zero-order valence-electron chi connectivity index (χ0n) is 6.60. The Bertz CT molecular complexity index is 134. The van der Waals surface area contributed by atoms with Gasteiger partial charge in [-0.15, -0.1) is 6.10 Å². The van der Waals surface area contributed by atoms with Crippen LogP contribution in [0, 0.1) is 12.0 Å². The van der Waals surface area contributed by atoms with Gasteiger partial charge in [-0.25, -0.2) is 0 Å². The van der Waals surface area contributed by atoms with Crippen molar-refractivity contribution < 1.29 is 36.7 Å². The van der Waals surface area contributed by atoms with E-state index < -0.39 is 11.9 Å². The zero-order chi connectivity index (χ0) is 8.15. The Morgan fingerprint density at radius 1 is 1.55 bits per heavy atom. The first-order valence-corrected chi connectivity index (χ1v) is 2.97. The molecule has 1 radical (unpaired) electrons. The quantitative estimate of drug-likeness (QED) is 0.331. The van der Waals surface area contributed by atoms with Crippen molar-refractivity contribution in [1.82, 2.24) is 0 Å². The first-order chi connectivity index (χ1) is 4.57. The van der Waals surface area contributed by atoms with E-state index in [0.717, 1.165) is 0 Å². The van der Waals surface area contributed by atoms with E-state index in [1.54, 1.807) is 13.8 Å². The minimum atomic E-state index is -0.783. The third-order valence-electron chi connectivity index (χ3n) is 0.835. The second-order valence-corrected chi connectivity index (χ2v) is 2.17. The summed E-state index contributed by atoms with van der Waals surface area (Å²) in [6, 6.07) is 0. The van der Waals surface area contributed by atoms with Gasteiger partial charge in [-0.3, -0.25) is 11.1 Å². The van der Waals surface area contributed by atoms with Gasteiger partial charge in [0.15, 0.2) is 0 Å².